The van der Waals surface area contributed by atoms with Gasteiger partial charge in [0, 0.05) is 11.6 Å². The van der Waals surface area contributed by atoms with Crippen molar-refractivity contribution in [1.29, 1.82) is 0 Å². The quantitative estimate of drug-likeness (QED) is 0.421. The molecule has 1 aromatic carbocycles. The Morgan fingerprint density at radius 1 is 1.46 bits per heavy atom. The summed E-state index contributed by atoms with van der Waals surface area (Å²) in [5.41, 5.74) is 2.06. The lowest BCUT2D eigenvalue weighted by Gasteiger charge is -2.12. The first-order valence-corrected chi connectivity index (χ1v) is 4.23. The van der Waals surface area contributed by atoms with Crippen molar-refractivity contribution >= 4 is 6.21 Å². The van der Waals surface area contributed by atoms with Gasteiger partial charge in [-0.05, 0) is 19.5 Å². The molecule has 13 heavy (non-hydrogen) atoms. The van der Waals surface area contributed by atoms with Crippen molar-refractivity contribution in [3.63, 3.8) is 0 Å². The fraction of sp³-hybridized carbons (Fsp3) is 0.300. The molecule has 1 unspecified atom stereocenters. The second kappa shape index (κ2) is 4.62. The first-order chi connectivity index (χ1) is 6.29. The van der Waals surface area contributed by atoms with Crippen LogP contribution in [0.1, 0.15) is 24.1 Å². The van der Waals surface area contributed by atoms with Gasteiger partial charge in [0.05, 0.1) is 6.21 Å². The average Bonchev–Trinajstić information content (AvgIpc) is 2.18. The minimum atomic E-state index is 0.259. The zero-order chi connectivity index (χ0) is 9.68. The van der Waals surface area contributed by atoms with E-state index >= 15 is 0 Å². The third-order valence-corrected chi connectivity index (χ3v) is 2.09. The first kappa shape index (κ1) is 9.74. The molecule has 1 atom stereocenters. The Kier molecular flexibility index (Phi) is 3.46. The van der Waals surface area contributed by atoms with Gasteiger partial charge in [-0.25, -0.2) is 0 Å². The monoisotopic (exact) mass is 178 g/mol. The van der Waals surface area contributed by atoms with E-state index in [1.807, 2.05) is 31.3 Å². The van der Waals surface area contributed by atoms with Gasteiger partial charge < -0.3 is 10.5 Å². The summed E-state index contributed by atoms with van der Waals surface area (Å²) in [6.07, 6.45) is 1.45. The maximum absolute atomic E-state index is 8.45. The molecule has 0 spiro atoms. The summed E-state index contributed by atoms with van der Waals surface area (Å²) in [5, 5.41) is 14.6. The van der Waals surface area contributed by atoms with E-state index in [2.05, 4.69) is 17.4 Å². The molecule has 0 aliphatic rings. The number of hydrogen-bond donors (Lipinski definition) is 2. The Balaban J connectivity index is 3.04. The minimum absolute atomic E-state index is 0.259. The molecule has 0 aromatic heterocycles. The Morgan fingerprint density at radius 3 is 2.77 bits per heavy atom. The van der Waals surface area contributed by atoms with Gasteiger partial charge in [-0.3, -0.25) is 0 Å². The summed E-state index contributed by atoms with van der Waals surface area (Å²) in [6.45, 7) is 2.06. The highest BCUT2D eigenvalue weighted by atomic mass is 16.4. The van der Waals surface area contributed by atoms with Gasteiger partial charge >= 0.3 is 0 Å². The molecular weight excluding hydrogens is 164 g/mol. The van der Waals surface area contributed by atoms with Crippen LogP contribution in [-0.2, 0) is 0 Å². The van der Waals surface area contributed by atoms with Crippen molar-refractivity contribution in [2.24, 2.45) is 5.16 Å². The molecule has 1 aromatic rings. The van der Waals surface area contributed by atoms with Gasteiger partial charge in [0.2, 0.25) is 0 Å². The van der Waals surface area contributed by atoms with E-state index in [-0.39, 0.29) is 6.04 Å². The van der Waals surface area contributed by atoms with Crippen molar-refractivity contribution in [2.45, 2.75) is 13.0 Å². The molecule has 0 aliphatic carbocycles. The molecule has 0 amide bonds. The van der Waals surface area contributed by atoms with Gasteiger partial charge in [0.15, 0.2) is 0 Å². The lowest BCUT2D eigenvalue weighted by atomic mass is 10.0. The van der Waals surface area contributed by atoms with Gasteiger partial charge in [-0.1, -0.05) is 29.4 Å². The molecule has 0 bridgehead atoms. The van der Waals surface area contributed by atoms with Crippen LogP contribution in [0.5, 0.6) is 0 Å². The van der Waals surface area contributed by atoms with Crippen molar-refractivity contribution in [1.82, 2.24) is 5.32 Å². The van der Waals surface area contributed by atoms with Gasteiger partial charge in [0.1, 0.15) is 0 Å². The van der Waals surface area contributed by atoms with Gasteiger partial charge in [-0.2, -0.15) is 0 Å². The van der Waals surface area contributed by atoms with E-state index < -0.39 is 0 Å². The molecule has 0 aliphatic heterocycles. The van der Waals surface area contributed by atoms with E-state index in [1.165, 1.54) is 6.21 Å². The summed E-state index contributed by atoms with van der Waals surface area (Å²) in [7, 11) is 1.90. The number of hydrogen-bond acceptors (Lipinski definition) is 3. The van der Waals surface area contributed by atoms with Crippen LogP contribution in [0.3, 0.4) is 0 Å². The number of nitrogens with zero attached hydrogens (tertiary/aromatic N) is 1. The van der Waals surface area contributed by atoms with Gasteiger partial charge in [-0.15, -0.1) is 0 Å². The summed E-state index contributed by atoms with van der Waals surface area (Å²) in [5.74, 6) is 0. The first-order valence-electron chi connectivity index (χ1n) is 4.23. The highest BCUT2D eigenvalue weighted by Gasteiger charge is 2.05. The number of benzene rings is 1. The summed E-state index contributed by atoms with van der Waals surface area (Å²) < 4.78 is 0. The Morgan fingerprint density at radius 2 is 2.15 bits per heavy atom. The molecule has 0 saturated heterocycles. The smallest absolute Gasteiger partial charge is 0.0737 e. The van der Waals surface area contributed by atoms with Crippen LogP contribution in [0.25, 0.3) is 0 Å². The van der Waals surface area contributed by atoms with E-state index in [0.717, 1.165) is 11.1 Å². The summed E-state index contributed by atoms with van der Waals surface area (Å²) >= 11 is 0. The van der Waals surface area contributed by atoms with Crippen molar-refractivity contribution in [3.8, 4) is 0 Å². The molecule has 0 saturated carbocycles. The van der Waals surface area contributed by atoms with E-state index in [0.29, 0.717) is 0 Å². The highest BCUT2D eigenvalue weighted by Crippen LogP contribution is 2.15. The van der Waals surface area contributed by atoms with E-state index in [1.54, 1.807) is 0 Å². The van der Waals surface area contributed by atoms with Crippen LogP contribution in [0.2, 0.25) is 0 Å². The number of rotatable bonds is 3. The van der Waals surface area contributed by atoms with Crippen molar-refractivity contribution in [3.05, 3.63) is 35.4 Å². The Hall–Kier alpha value is -1.35. The van der Waals surface area contributed by atoms with Crippen LogP contribution < -0.4 is 5.32 Å². The molecule has 0 fully saturated rings. The lowest BCUT2D eigenvalue weighted by Crippen LogP contribution is -2.14. The second-order valence-electron chi connectivity index (χ2n) is 2.88. The molecule has 0 heterocycles. The van der Waals surface area contributed by atoms with Crippen molar-refractivity contribution < 1.29 is 5.21 Å². The van der Waals surface area contributed by atoms with Crippen LogP contribution in [0.4, 0.5) is 0 Å². The lowest BCUT2D eigenvalue weighted by molar-refractivity contribution is 0.322. The maximum atomic E-state index is 8.45. The Labute approximate surface area is 78.1 Å². The van der Waals surface area contributed by atoms with Crippen LogP contribution in [0, 0.1) is 0 Å². The fourth-order valence-corrected chi connectivity index (χ4v) is 1.24. The molecule has 70 valence electrons. The minimum Gasteiger partial charge on any atom is -0.411 e. The third kappa shape index (κ3) is 2.29. The zero-order valence-corrected chi connectivity index (χ0v) is 7.86. The summed E-state index contributed by atoms with van der Waals surface area (Å²) in [4.78, 5) is 0. The summed E-state index contributed by atoms with van der Waals surface area (Å²) in [6, 6.07) is 8.08. The normalized spacial score (nSPS) is 13.4. The molecule has 1 rings (SSSR count). The molecule has 3 heteroatoms. The molecular formula is C10H14N2O. The predicted octanol–water partition coefficient (Wildman–Crippen LogP) is 1.78. The van der Waals surface area contributed by atoms with Crippen LogP contribution >= 0.6 is 0 Å². The molecule has 3 nitrogen and oxygen atoms in total. The van der Waals surface area contributed by atoms with E-state index in [4.69, 9.17) is 5.21 Å². The molecule has 0 radical (unpaired) electrons. The molecule has 2 N–H and O–H groups in total. The number of oxime groups is 1. The Bertz CT molecular complexity index is 297. The third-order valence-electron chi connectivity index (χ3n) is 2.09. The van der Waals surface area contributed by atoms with Crippen molar-refractivity contribution in [2.75, 3.05) is 7.05 Å². The SMILES string of the molecule is CNC(C)c1ccccc1/C=N\O. The fourth-order valence-electron chi connectivity index (χ4n) is 1.24. The second-order valence-corrected chi connectivity index (χ2v) is 2.88. The van der Waals surface area contributed by atoms with Crippen LogP contribution in [-0.4, -0.2) is 18.5 Å². The van der Waals surface area contributed by atoms with Crippen LogP contribution in [0.15, 0.2) is 29.4 Å². The average molecular weight is 178 g/mol. The van der Waals surface area contributed by atoms with Gasteiger partial charge in [0.25, 0.3) is 0 Å². The van der Waals surface area contributed by atoms with E-state index in [9.17, 15) is 0 Å². The topological polar surface area (TPSA) is 44.6 Å². The zero-order valence-electron chi connectivity index (χ0n) is 7.86. The highest BCUT2D eigenvalue weighted by molar-refractivity contribution is 5.81. The standard InChI is InChI=1S/C10H14N2O/c1-8(11-2)10-6-4-3-5-9(10)7-12-13/h3-8,11,13H,1-2H3/b12-7-. The number of nitrogens with one attached hydrogen (secondary N) is 1. The largest absolute Gasteiger partial charge is 0.411 e. The predicted molar refractivity (Wildman–Crippen MR) is 53.3 cm³/mol. The maximum Gasteiger partial charge on any atom is 0.0737 e.